The molecule has 0 saturated heterocycles. The van der Waals surface area contributed by atoms with Crippen LogP contribution < -0.4 is 0 Å². The lowest BCUT2D eigenvalue weighted by Gasteiger charge is -2.27. The predicted octanol–water partition coefficient (Wildman–Crippen LogP) is 6.86. The third kappa shape index (κ3) is 11.4. The third-order valence-corrected chi connectivity index (χ3v) is 5.35. The highest BCUT2D eigenvalue weighted by Crippen LogP contribution is 2.33. The summed E-state index contributed by atoms with van der Waals surface area (Å²) in [6.45, 7) is 15.6. The Labute approximate surface area is 173 Å². The van der Waals surface area contributed by atoms with E-state index in [0.29, 0.717) is 0 Å². The van der Waals surface area contributed by atoms with Crippen molar-refractivity contribution < 1.29 is 14.3 Å². The third-order valence-electron chi connectivity index (χ3n) is 5.35. The second-order valence-electron chi connectivity index (χ2n) is 7.13. The van der Waals surface area contributed by atoms with E-state index in [2.05, 4.69) is 26.1 Å². The molecule has 0 amide bonds. The van der Waals surface area contributed by atoms with E-state index in [9.17, 15) is 4.79 Å². The minimum absolute atomic E-state index is 0.0370. The van der Waals surface area contributed by atoms with Gasteiger partial charge in [-0.25, -0.2) is 0 Å². The van der Waals surface area contributed by atoms with Crippen molar-refractivity contribution in [2.75, 3.05) is 13.2 Å². The van der Waals surface area contributed by atoms with E-state index in [1.54, 1.807) is 0 Å². The van der Waals surface area contributed by atoms with Gasteiger partial charge in [0.1, 0.15) is 6.29 Å². The topological polar surface area (TPSA) is 35.5 Å². The van der Waals surface area contributed by atoms with Gasteiger partial charge in [0.25, 0.3) is 0 Å². The summed E-state index contributed by atoms with van der Waals surface area (Å²) in [6, 6.07) is 8.01. The molecule has 1 aliphatic rings. The number of carbonyl (C=O) groups is 1. The lowest BCUT2D eigenvalue weighted by molar-refractivity contribution is -0.123. The summed E-state index contributed by atoms with van der Waals surface area (Å²) in [4.78, 5) is 11.0. The van der Waals surface area contributed by atoms with Crippen molar-refractivity contribution in [2.24, 2.45) is 11.8 Å². The van der Waals surface area contributed by atoms with Crippen LogP contribution in [0.2, 0.25) is 0 Å². The summed E-state index contributed by atoms with van der Waals surface area (Å²) in [6.07, 6.45) is 10.2. The first-order chi connectivity index (χ1) is 13.6. The van der Waals surface area contributed by atoms with Gasteiger partial charge in [-0.15, -0.1) is 13.2 Å². The first-order valence-electron chi connectivity index (χ1n) is 10.9. The molecule has 0 heterocycles. The zero-order valence-corrected chi connectivity index (χ0v) is 18.6. The number of aryl methyl sites for hydroxylation is 1. The molecule has 0 aliphatic heterocycles. The van der Waals surface area contributed by atoms with Crippen molar-refractivity contribution in [3.63, 3.8) is 0 Å². The van der Waals surface area contributed by atoms with E-state index in [-0.39, 0.29) is 6.29 Å². The van der Waals surface area contributed by atoms with Crippen molar-refractivity contribution in [2.45, 2.75) is 78.9 Å². The SMILES string of the molecule is C=C.CCC1CCC(CCc2ccccc2C=O)CC1.CCOC(C)OCC. The van der Waals surface area contributed by atoms with E-state index >= 15 is 0 Å². The Kier molecular flexibility index (Phi) is 16.7. The van der Waals surface area contributed by atoms with Gasteiger partial charge in [0.05, 0.1) is 0 Å². The molecule has 160 valence electrons. The van der Waals surface area contributed by atoms with Crippen LogP contribution in [0.4, 0.5) is 0 Å². The van der Waals surface area contributed by atoms with Crippen molar-refractivity contribution in [3.05, 3.63) is 48.6 Å². The minimum atomic E-state index is -0.0370. The standard InChI is InChI=1S/C17H24O.C6H14O2.C2H4/c1-2-14-7-9-15(10-8-14)11-12-16-5-3-4-6-17(16)13-18;1-4-7-6(3)8-5-2;1-2/h3-6,13-15H,2,7-12H2,1H3;6H,4-5H2,1-3H3;1-2H2. The molecule has 1 fully saturated rings. The second kappa shape index (κ2) is 17.6. The van der Waals surface area contributed by atoms with Gasteiger partial charge in [-0.05, 0) is 51.0 Å². The fourth-order valence-electron chi connectivity index (χ4n) is 3.68. The van der Waals surface area contributed by atoms with Crippen LogP contribution in [0.3, 0.4) is 0 Å². The quantitative estimate of drug-likeness (QED) is 0.262. The number of aldehydes is 1. The molecule has 3 nitrogen and oxygen atoms in total. The first kappa shape index (κ1) is 26.6. The average Bonchev–Trinajstić information content (AvgIpc) is 2.75. The van der Waals surface area contributed by atoms with Crippen molar-refractivity contribution in [1.82, 2.24) is 0 Å². The van der Waals surface area contributed by atoms with Crippen LogP contribution in [0, 0.1) is 11.8 Å². The first-order valence-corrected chi connectivity index (χ1v) is 10.9. The summed E-state index contributed by atoms with van der Waals surface area (Å²) >= 11 is 0. The molecule has 0 unspecified atom stereocenters. The Bertz CT molecular complexity index is 486. The van der Waals surface area contributed by atoms with Gasteiger partial charge < -0.3 is 9.47 Å². The average molecular weight is 391 g/mol. The monoisotopic (exact) mass is 390 g/mol. The van der Waals surface area contributed by atoms with E-state index < -0.39 is 0 Å². The zero-order chi connectivity index (χ0) is 21.2. The summed E-state index contributed by atoms with van der Waals surface area (Å²) < 4.78 is 10.1. The fraction of sp³-hybridized carbons (Fsp3) is 0.640. The molecule has 0 spiro atoms. The fourth-order valence-corrected chi connectivity index (χ4v) is 3.68. The molecule has 0 N–H and O–H groups in total. The van der Waals surface area contributed by atoms with Gasteiger partial charge in [0, 0.05) is 18.8 Å². The Morgan fingerprint density at radius 2 is 1.54 bits per heavy atom. The number of benzene rings is 1. The maximum atomic E-state index is 11.0. The van der Waals surface area contributed by atoms with E-state index in [1.165, 1.54) is 44.1 Å². The zero-order valence-electron chi connectivity index (χ0n) is 18.6. The highest BCUT2D eigenvalue weighted by molar-refractivity contribution is 5.77. The normalized spacial score (nSPS) is 18.5. The molecule has 3 heteroatoms. The van der Waals surface area contributed by atoms with Gasteiger partial charge in [-0.3, -0.25) is 4.79 Å². The van der Waals surface area contributed by atoms with Crippen LogP contribution in [0.15, 0.2) is 37.4 Å². The largest absolute Gasteiger partial charge is 0.353 e. The molecule has 28 heavy (non-hydrogen) atoms. The van der Waals surface area contributed by atoms with Gasteiger partial charge in [-0.2, -0.15) is 0 Å². The lowest BCUT2D eigenvalue weighted by Crippen LogP contribution is -2.14. The summed E-state index contributed by atoms with van der Waals surface area (Å²) in [5.41, 5.74) is 2.10. The van der Waals surface area contributed by atoms with Crippen LogP contribution in [-0.4, -0.2) is 25.8 Å². The smallest absolute Gasteiger partial charge is 0.154 e. The van der Waals surface area contributed by atoms with E-state index in [0.717, 1.165) is 43.3 Å². The molecule has 0 bridgehead atoms. The van der Waals surface area contributed by atoms with E-state index in [1.807, 2.05) is 39.0 Å². The molecular weight excluding hydrogens is 348 g/mol. The molecule has 1 aromatic rings. The van der Waals surface area contributed by atoms with Crippen LogP contribution in [-0.2, 0) is 15.9 Å². The predicted molar refractivity (Wildman–Crippen MR) is 120 cm³/mol. The van der Waals surface area contributed by atoms with Gasteiger partial charge in [0.2, 0.25) is 0 Å². The highest BCUT2D eigenvalue weighted by Gasteiger charge is 2.19. The Morgan fingerprint density at radius 1 is 1.00 bits per heavy atom. The molecular formula is C25H42O3. The van der Waals surface area contributed by atoms with Gasteiger partial charge in [0.15, 0.2) is 6.29 Å². The van der Waals surface area contributed by atoms with Crippen molar-refractivity contribution >= 4 is 6.29 Å². The van der Waals surface area contributed by atoms with E-state index in [4.69, 9.17) is 9.47 Å². The van der Waals surface area contributed by atoms with Gasteiger partial charge >= 0.3 is 0 Å². The van der Waals surface area contributed by atoms with Crippen LogP contribution in [0.25, 0.3) is 0 Å². The van der Waals surface area contributed by atoms with Crippen LogP contribution in [0.1, 0.15) is 82.1 Å². The summed E-state index contributed by atoms with van der Waals surface area (Å²) in [5.74, 6) is 1.86. The molecule has 1 aliphatic carbocycles. The molecule has 1 saturated carbocycles. The number of carbonyl (C=O) groups excluding carboxylic acids is 1. The minimum Gasteiger partial charge on any atom is -0.353 e. The summed E-state index contributed by atoms with van der Waals surface area (Å²) in [7, 11) is 0. The molecule has 0 radical (unpaired) electrons. The number of ether oxygens (including phenoxy) is 2. The maximum absolute atomic E-state index is 11.0. The summed E-state index contributed by atoms with van der Waals surface area (Å²) in [5, 5.41) is 0. The van der Waals surface area contributed by atoms with Crippen molar-refractivity contribution in [1.29, 1.82) is 0 Å². The maximum Gasteiger partial charge on any atom is 0.154 e. The number of hydrogen-bond acceptors (Lipinski definition) is 3. The van der Waals surface area contributed by atoms with Crippen LogP contribution in [0.5, 0.6) is 0 Å². The molecule has 0 atom stereocenters. The Balaban J connectivity index is 0.000000618. The van der Waals surface area contributed by atoms with Gasteiger partial charge in [-0.1, -0.05) is 63.3 Å². The molecule has 0 aromatic heterocycles. The number of rotatable bonds is 9. The van der Waals surface area contributed by atoms with Crippen LogP contribution >= 0.6 is 0 Å². The molecule has 1 aromatic carbocycles. The number of hydrogen-bond donors (Lipinski definition) is 0. The molecule has 2 rings (SSSR count). The lowest BCUT2D eigenvalue weighted by atomic mass is 9.78. The second-order valence-corrected chi connectivity index (χ2v) is 7.13. The Hall–Kier alpha value is -1.45. The van der Waals surface area contributed by atoms with Crippen molar-refractivity contribution in [3.8, 4) is 0 Å². The highest BCUT2D eigenvalue weighted by atomic mass is 16.7. The Morgan fingerprint density at radius 3 is 2.04 bits per heavy atom.